The molecule has 0 radical (unpaired) electrons. The number of terminal acetylenes is 1. The van der Waals surface area contributed by atoms with Crippen molar-refractivity contribution in [3.63, 3.8) is 0 Å². The Bertz CT molecular complexity index is 705. The predicted octanol–water partition coefficient (Wildman–Crippen LogP) is 0.683. The van der Waals surface area contributed by atoms with Crippen LogP contribution in [0.5, 0.6) is 0 Å². The first-order valence-corrected chi connectivity index (χ1v) is 7.11. The van der Waals surface area contributed by atoms with E-state index < -0.39 is 37.1 Å². The third kappa shape index (κ3) is 4.01. The Morgan fingerprint density at radius 3 is 2.71 bits per heavy atom. The lowest BCUT2D eigenvalue weighted by Crippen LogP contribution is -2.26. The van der Waals surface area contributed by atoms with Crippen molar-refractivity contribution in [2.75, 3.05) is 13.7 Å². The fraction of sp³-hybridized carbons (Fsp3) is 0.250. The Morgan fingerprint density at radius 1 is 1.52 bits per heavy atom. The molecule has 0 bridgehead atoms. The molecule has 0 spiro atoms. The molecule has 0 saturated carbocycles. The Balaban J connectivity index is 3.32. The molecule has 9 heteroatoms. The summed E-state index contributed by atoms with van der Waals surface area (Å²) in [7, 11) is -2.98. The second-order valence-corrected chi connectivity index (χ2v) is 5.52. The maximum Gasteiger partial charge on any atom is 0.339 e. The lowest BCUT2D eigenvalue weighted by Gasteiger charge is -2.09. The van der Waals surface area contributed by atoms with Crippen molar-refractivity contribution < 1.29 is 22.9 Å². The van der Waals surface area contributed by atoms with Gasteiger partial charge in [0.2, 0.25) is 10.0 Å². The molecular formula is C12H12N2O6S. The molecule has 1 rings (SSSR count). The Labute approximate surface area is 121 Å². The standard InChI is InChI=1S/C12H12N2O6S/c1-3-4-7-13-21(18,19)11-6-5-9(14(16)17)8-10(11)12(15)20-2/h1,5-6,8,13H,4,7H2,2H3. The lowest BCUT2D eigenvalue weighted by atomic mass is 10.2. The van der Waals surface area contributed by atoms with Crippen molar-refractivity contribution >= 4 is 21.7 Å². The predicted molar refractivity (Wildman–Crippen MR) is 73.1 cm³/mol. The van der Waals surface area contributed by atoms with E-state index in [2.05, 4.69) is 15.4 Å². The first-order chi connectivity index (χ1) is 9.83. The molecule has 0 unspecified atom stereocenters. The number of nitrogens with one attached hydrogen (secondary N) is 1. The average molecular weight is 312 g/mol. The maximum absolute atomic E-state index is 12.1. The van der Waals surface area contributed by atoms with Crippen LogP contribution in [-0.2, 0) is 14.8 Å². The zero-order valence-corrected chi connectivity index (χ0v) is 11.8. The summed E-state index contributed by atoms with van der Waals surface area (Å²) in [5.41, 5.74) is -0.835. The molecule has 1 aromatic rings. The first-order valence-electron chi connectivity index (χ1n) is 5.63. The van der Waals surface area contributed by atoms with Gasteiger partial charge in [0, 0.05) is 25.1 Å². The van der Waals surface area contributed by atoms with Gasteiger partial charge in [-0.15, -0.1) is 12.3 Å². The van der Waals surface area contributed by atoms with Gasteiger partial charge in [-0.05, 0) is 6.07 Å². The molecule has 0 aliphatic carbocycles. The topological polar surface area (TPSA) is 116 Å². The molecule has 0 fully saturated rings. The van der Waals surface area contributed by atoms with Crippen LogP contribution >= 0.6 is 0 Å². The zero-order chi connectivity index (χ0) is 16.0. The fourth-order valence-corrected chi connectivity index (χ4v) is 2.68. The average Bonchev–Trinajstić information content (AvgIpc) is 2.45. The van der Waals surface area contributed by atoms with Gasteiger partial charge in [0.15, 0.2) is 0 Å². The van der Waals surface area contributed by atoms with E-state index in [1.54, 1.807) is 0 Å². The summed E-state index contributed by atoms with van der Waals surface area (Å²) in [6.07, 6.45) is 5.18. The summed E-state index contributed by atoms with van der Waals surface area (Å²) in [4.78, 5) is 21.2. The van der Waals surface area contributed by atoms with E-state index in [9.17, 15) is 23.3 Å². The largest absolute Gasteiger partial charge is 0.465 e. The third-order valence-corrected chi connectivity index (χ3v) is 3.95. The van der Waals surface area contributed by atoms with Gasteiger partial charge in [0.05, 0.1) is 22.5 Å². The highest BCUT2D eigenvalue weighted by atomic mass is 32.2. The summed E-state index contributed by atoms with van der Waals surface area (Å²) in [5.74, 6) is 1.27. The molecule has 1 aromatic carbocycles. The highest BCUT2D eigenvalue weighted by molar-refractivity contribution is 7.89. The van der Waals surface area contributed by atoms with E-state index in [4.69, 9.17) is 6.42 Å². The molecule has 0 atom stereocenters. The molecule has 0 aromatic heterocycles. The second-order valence-electron chi connectivity index (χ2n) is 3.78. The number of non-ortho nitro benzene ring substituents is 1. The normalized spacial score (nSPS) is 10.7. The van der Waals surface area contributed by atoms with E-state index in [0.29, 0.717) is 0 Å². The molecule has 112 valence electrons. The molecule has 0 aliphatic heterocycles. The number of nitro groups is 1. The van der Waals surface area contributed by atoms with Crippen LogP contribution < -0.4 is 4.72 Å². The van der Waals surface area contributed by atoms with Crippen molar-refractivity contribution in [1.29, 1.82) is 0 Å². The Morgan fingerprint density at radius 2 is 2.19 bits per heavy atom. The van der Waals surface area contributed by atoms with Gasteiger partial charge in [-0.2, -0.15) is 0 Å². The minimum Gasteiger partial charge on any atom is -0.465 e. The van der Waals surface area contributed by atoms with Gasteiger partial charge in [-0.1, -0.05) is 0 Å². The number of sulfonamides is 1. The van der Waals surface area contributed by atoms with Crippen molar-refractivity contribution in [3.8, 4) is 12.3 Å². The highest BCUT2D eigenvalue weighted by Crippen LogP contribution is 2.22. The number of methoxy groups -OCH3 is 1. The van der Waals surface area contributed by atoms with Crippen LogP contribution in [-0.4, -0.2) is 33.0 Å². The molecule has 1 N–H and O–H groups in total. The minimum atomic E-state index is -4.03. The van der Waals surface area contributed by atoms with Crippen LogP contribution in [0.15, 0.2) is 23.1 Å². The van der Waals surface area contributed by atoms with E-state index in [1.807, 2.05) is 0 Å². The SMILES string of the molecule is C#CCCNS(=O)(=O)c1ccc([N+](=O)[O-])cc1C(=O)OC. The van der Waals surface area contributed by atoms with Gasteiger partial charge >= 0.3 is 5.97 Å². The van der Waals surface area contributed by atoms with Crippen LogP contribution in [0.4, 0.5) is 5.69 Å². The molecule has 0 amide bonds. The second kappa shape index (κ2) is 6.83. The van der Waals surface area contributed by atoms with Gasteiger partial charge in [-0.3, -0.25) is 10.1 Å². The van der Waals surface area contributed by atoms with E-state index in [0.717, 1.165) is 25.3 Å². The van der Waals surface area contributed by atoms with E-state index >= 15 is 0 Å². The molecule has 0 saturated heterocycles. The van der Waals surface area contributed by atoms with Crippen molar-refractivity contribution in [2.24, 2.45) is 0 Å². The highest BCUT2D eigenvalue weighted by Gasteiger charge is 2.25. The Hall–Kier alpha value is -2.44. The van der Waals surface area contributed by atoms with Gasteiger partial charge < -0.3 is 4.74 Å². The number of carbonyl (C=O) groups is 1. The fourth-order valence-electron chi connectivity index (χ4n) is 1.47. The number of hydrogen-bond donors (Lipinski definition) is 1. The summed E-state index contributed by atoms with van der Waals surface area (Å²) < 4.78 is 30.8. The molecule has 0 aliphatic rings. The van der Waals surface area contributed by atoms with Crippen LogP contribution in [0.1, 0.15) is 16.8 Å². The lowest BCUT2D eigenvalue weighted by molar-refractivity contribution is -0.384. The van der Waals surface area contributed by atoms with E-state index in [1.165, 1.54) is 0 Å². The van der Waals surface area contributed by atoms with Crippen LogP contribution in [0.2, 0.25) is 0 Å². The number of hydrogen-bond acceptors (Lipinski definition) is 6. The quantitative estimate of drug-likeness (QED) is 0.271. The minimum absolute atomic E-state index is 0.0174. The number of benzene rings is 1. The number of nitrogens with zero attached hydrogens (tertiary/aromatic N) is 1. The van der Waals surface area contributed by atoms with Crippen LogP contribution in [0.25, 0.3) is 0 Å². The summed E-state index contributed by atoms with van der Waals surface area (Å²) >= 11 is 0. The molecular weight excluding hydrogens is 300 g/mol. The number of nitro benzene ring substituents is 1. The van der Waals surface area contributed by atoms with Gasteiger partial charge in [-0.25, -0.2) is 17.9 Å². The zero-order valence-electron chi connectivity index (χ0n) is 11.0. The Kier molecular flexibility index (Phi) is 5.40. The number of esters is 1. The van der Waals surface area contributed by atoms with Crippen LogP contribution in [0.3, 0.4) is 0 Å². The first kappa shape index (κ1) is 16.6. The number of carbonyl (C=O) groups excluding carboxylic acids is 1. The van der Waals surface area contributed by atoms with Crippen molar-refractivity contribution in [3.05, 3.63) is 33.9 Å². The van der Waals surface area contributed by atoms with E-state index in [-0.39, 0.29) is 13.0 Å². The summed E-state index contributed by atoms with van der Waals surface area (Å²) in [6, 6.07) is 2.81. The van der Waals surface area contributed by atoms with Gasteiger partial charge in [0.1, 0.15) is 0 Å². The number of rotatable bonds is 6. The van der Waals surface area contributed by atoms with Crippen LogP contribution in [0, 0.1) is 22.5 Å². The van der Waals surface area contributed by atoms with Crippen molar-refractivity contribution in [1.82, 2.24) is 4.72 Å². The summed E-state index contributed by atoms with van der Waals surface area (Å²) in [6.45, 7) is -0.0174. The molecule has 8 nitrogen and oxygen atoms in total. The molecule has 0 heterocycles. The molecule has 21 heavy (non-hydrogen) atoms. The summed E-state index contributed by atoms with van der Waals surface area (Å²) in [5, 5.41) is 10.7. The van der Waals surface area contributed by atoms with Crippen molar-refractivity contribution in [2.45, 2.75) is 11.3 Å². The third-order valence-electron chi connectivity index (χ3n) is 2.43. The monoisotopic (exact) mass is 312 g/mol. The number of ether oxygens (including phenoxy) is 1. The maximum atomic E-state index is 12.1. The van der Waals surface area contributed by atoms with Gasteiger partial charge in [0.25, 0.3) is 5.69 Å². The smallest absolute Gasteiger partial charge is 0.339 e.